The first-order chi connectivity index (χ1) is 9.20. The van der Waals surface area contributed by atoms with Gasteiger partial charge in [0, 0.05) is 25.0 Å². The Balaban J connectivity index is 1.68. The Labute approximate surface area is 117 Å². The second-order valence-electron chi connectivity index (χ2n) is 4.97. The summed E-state index contributed by atoms with van der Waals surface area (Å²) in [5.74, 6) is 1.79. The van der Waals surface area contributed by atoms with Gasteiger partial charge in [0.05, 0.1) is 18.4 Å². The Hall–Kier alpha value is -1.17. The molecule has 0 unspecified atom stereocenters. The SMILES string of the molecule is Cc1ccc(-c2nc(CN3CCO[C@H](C)C3)cs2)o1. The molecule has 0 aromatic carbocycles. The highest BCUT2D eigenvalue weighted by atomic mass is 32.1. The molecule has 3 rings (SSSR count). The third kappa shape index (κ3) is 3.05. The number of rotatable bonds is 3. The quantitative estimate of drug-likeness (QED) is 0.865. The number of furan rings is 1. The molecule has 19 heavy (non-hydrogen) atoms. The number of hydrogen-bond donors (Lipinski definition) is 0. The molecule has 1 fully saturated rings. The van der Waals surface area contributed by atoms with Gasteiger partial charge in [-0.3, -0.25) is 4.90 Å². The summed E-state index contributed by atoms with van der Waals surface area (Å²) in [6.45, 7) is 7.74. The van der Waals surface area contributed by atoms with E-state index < -0.39 is 0 Å². The number of hydrogen-bond acceptors (Lipinski definition) is 5. The van der Waals surface area contributed by atoms with Crippen LogP contribution in [0, 0.1) is 6.92 Å². The van der Waals surface area contributed by atoms with Gasteiger partial charge in [-0.25, -0.2) is 4.98 Å². The molecular formula is C14H18N2O2S. The molecule has 2 aromatic heterocycles. The molecule has 4 nitrogen and oxygen atoms in total. The van der Waals surface area contributed by atoms with Gasteiger partial charge in [0.15, 0.2) is 10.8 Å². The van der Waals surface area contributed by atoms with Gasteiger partial charge in [-0.2, -0.15) is 0 Å². The zero-order chi connectivity index (χ0) is 13.2. The minimum atomic E-state index is 0.319. The maximum Gasteiger partial charge on any atom is 0.162 e. The van der Waals surface area contributed by atoms with Gasteiger partial charge < -0.3 is 9.15 Å². The van der Waals surface area contributed by atoms with Crippen molar-refractivity contribution in [3.05, 3.63) is 29.0 Å². The van der Waals surface area contributed by atoms with E-state index >= 15 is 0 Å². The van der Waals surface area contributed by atoms with Crippen molar-refractivity contribution in [1.82, 2.24) is 9.88 Å². The first-order valence-corrected chi connectivity index (χ1v) is 7.44. The normalized spacial score (nSPS) is 20.8. The van der Waals surface area contributed by atoms with E-state index in [-0.39, 0.29) is 0 Å². The van der Waals surface area contributed by atoms with Crippen molar-refractivity contribution < 1.29 is 9.15 Å². The van der Waals surface area contributed by atoms with Crippen molar-refractivity contribution in [2.45, 2.75) is 26.5 Å². The zero-order valence-corrected chi connectivity index (χ0v) is 12.1. The lowest BCUT2D eigenvalue weighted by Crippen LogP contribution is -2.40. The van der Waals surface area contributed by atoms with Crippen LogP contribution in [0.3, 0.4) is 0 Å². The third-order valence-corrected chi connectivity index (χ3v) is 4.12. The number of aryl methyl sites for hydroxylation is 1. The molecule has 0 spiro atoms. The van der Waals surface area contributed by atoms with E-state index in [0.717, 1.165) is 48.5 Å². The lowest BCUT2D eigenvalue weighted by Gasteiger charge is -2.30. The molecule has 0 radical (unpaired) electrons. The Morgan fingerprint density at radius 1 is 1.47 bits per heavy atom. The second-order valence-corrected chi connectivity index (χ2v) is 5.83. The molecule has 102 valence electrons. The number of morpholine rings is 1. The number of ether oxygens (including phenoxy) is 1. The molecule has 0 N–H and O–H groups in total. The fourth-order valence-corrected chi connectivity index (χ4v) is 3.08. The van der Waals surface area contributed by atoms with E-state index in [1.807, 2.05) is 19.1 Å². The summed E-state index contributed by atoms with van der Waals surface area (Å²) in [6.07, 6.45) is 0.319. The predicted octanol–water partition coefficient (Wildman–Crippen LogP) is 2.93. The summed E-state index contributed by atoms with van der Waals surface area (Å²) in [5.41, 5.74) is 1.11. The fourth-order valence-electron chi connectivity index (χ4n) is 2.31. The average Bonchev–Trinajstić information content (AvgIpc) is 2.98. The van der Waals surface area contributed by atoms with Crippen LogP contribution in [0.1, 0.15) is 18.4 Å². The molecule has 2 aromatic rings. The summed E-state index contributed by atoms with van der Waals surface area (Å²) >= 11 is 1.64. The maximum absolute atomic E-state index is 5.60. The molecule has 0 amide bonds. The molecule has 3 heterocycles. The summed E-state index contributed by atoms with van der Waals surface area (Å²) in [6, 6.07) is 3.95. The molecule has 5 heteroatoms. The van der Waals surface area contributed by atoms with Crippen molar-refractivity contribution >= 4 is 11.3 Å². The van der Waals surface area contributed by atoms with Crippen LogP contribution in [0.15, 0.2) is 21.9 Å². The smallest absolute Gasteiger partial charge is 0.162 e. The van der Waals surface area contributed by atoms with Crippen LogP contribution in [0.5, 0.6) is 0 Å². The van der Waals surface area contributed by atoms with Gasteiger partial charge >= 0.3 is 0 Å². The first kappa shape index (κ1) is 12.8. The van der Waals surface area contributed by atoms with Gasteiger partial charge in [-0.1, -0.05) is 0 Å². The number of thiazole rings is 1. The molecule has 1 aliphatic rings. The molecule has 1 aliphatic heterocycles. The Kier molecular flexibility index (Phi) is 3.68. The molecule has 0 aliphatic carbocycles. The predicted molar refractivity (Wildman–Crippen MR) is 75.2 cm³/mol. The van der Waals surface area contributed by atoms with Crippen LogP contribution < -0.4 is 0 Å². The van der Waals surface area contributed by atoms with Crippen molar-refractivity contribution in [2.24, 2.45) is 0 Å². The van der Waals surface area contributed by atoms with E-state index in [9.17, 15) is 0 Å². The van der Waals surface area contributed by atoms with Gasteiger partial charge in [0.1, 0.15) is 5.76 Å². The number of aromatic nitrogens is 1. The van der Waals surface area contributed by atoms with Gasteiger partial charge in [0.2, 0.25) is 0 Å². The largest absolute Gasteiger partial charge is 0.459 e. The first-order valence-electron chi connectivity index (χ1n) is 6.56. The topological polar surface area (TPSA) is 38.5 Å². The minimum Gasteiger partial charge on any atom is -0.459 e. The summed E-state index contributed by atoms with van der Waals surface area (Å²) in [7, 11) is 0. The van der Waals surface area contributed by atoms with E-state index in [1.54, 1.807) is 11.3 Å². The van der Waals surface area contributed by atoms with Crippen molar-refractivity contribution in [3.8, 4) is 10.8 Å². The van der Waals surface area contributed by atoms with Crippen LogP contribution in [0.25, 0.3) is 10.8 Å². The highest BCUT2D eigenvalue weighted by Gasteiger charge is 2.18. The second kappa shape index (κ2) is 5.45. The van der Waals surface area contributed by atoms with Crippen molar-refractivity contribution in [3.63, 3.8) is 0 Å². The number of nitrogens with zero attached hydrogens (tertiary/aromatic N) is 2. The molecule has 1 atom stereocenters. The Morgan fingerprint density at radius 2 is 2.37 bits per heavy atom. The molecule has 1 saturated heterocycles. The van der Waals surface area contributed by atoms with Gasteiger partial charge in [-0.15, -0.1) is 11.3 Å². The van der Waals surface area contributed by atoms with E-state index in [2.05, 4.69) is 22.2 Å². The van der Waals surface area contributed by atoms with Crippen LogP contribution >= 0.6 is 11.3 Å². The highest BCUT2D eigenvalue weighted by molar-refractivity contribution is 7.13. The van der Waals surface area contributed by atoms with Gasteiger partial charge in [-0.05, 0) is 26.0 Å². The highest BCUT2D eigenvalue weighted by Crippen LogP contribution is 2.26. The fraction of sp³-hybridized carbons (Fsp3) is 0.500. The van der Waals surface area contributed by atoms with Crippen molar-refractivity contribution in [2.75, 3.05) is 19.7 Å². The van der Waals surface area contributed by atoms with E-state index in [0.29, 0.717) is 6.10 Å². The van der Waals surface area contributed by atoms with Gasteiger partial charge in [0.25, 0.3) is 0 Å². The van der Waals surface area contributed by atoms with Crippen LogP contribution in [-0.4, -0.2) is 35.7 Å². The van der Waals surface area contributed by atoms with E-state index in [4.69, 9.17) is 9.15 Å². The molecular weight excluding hydrogens is 260 g/mol. The zero-order valence-electron chi connectivity index (χ0n) is 11.3. The third-order valence-electron chi connectivity index (χ3n) is 3.21. The van der Waals surface area contributed by atoms with Crippen LogP contribution in [0.4, 0.5) is 0 Å². The van der Waals surface area contributed by atoms with Crippen LogP contribution in [-0.2, 0) is 11.3 Å². The van der Waals surface area contributed by atoms with Crippen molar-refractivity contribution in [1.29, 1.82) is 0 Å². The lowest BCUT2D eigenvalue weighted by atomic mass is 10.3. The minimum absolute atomic E-state index is 0.319. The summed E-state index contributed by atoms with van der Waals surface area (Å²) in [5, 5.41) is 3.08. The summed E-state index contributed by atoms with van der Waals surface area (Å²) in [4.78, 5) is 7.04. The lowest BCUT2D eigenvalue weighted by molar-refractivity contribution is -0.0215. The monoisotopic (exact) mass is 278 g/mol. The molecule has 0 bridgehead atoms. The summed E-state index contributed by atoms with van der Waals surface area (Å²) < 4.78 is 11.2. The Morgan fingerprint density at radius 3 is 3.11 bits per heavy atom. The standard InChI is InChI=1S/C14H18N2O2S/c1-10-3-4-13(18-10)14-15-12(9-19-14)8-16-5-6-17-11(2)7-16/h3-4,9,11H,5-8H2,1-2H3/t11-/m1/s1. The van der Waals surface area contributed by atoms with Crippen LogP contribution in [0.2, 0.25) is 0 Å². The average molecular weight is 278 g/mol. The molecule has 0 saturated carbocycles. The maximum atomic E-state index is 5.60. The Bertz CT molecular complexity index is 549. The van der Waals surface area contributed by atoms with E-state index in [1.165, 1.54) is 0 Å².